The zero-order valence-corrected chi connectivity index (χ0v) is 22.7. The highest BCUT2D eigenvalue weighted by Gasteiger charge is 2.22. The normalized spacial score (nSPS) is 15.0. The summed E-state index contributed by atoms with van der Waals surface area (Å²) in [5, 5.41) is 11.1. The van der Waals surface area contributed by atoms with Crippen LogP contribution in [-0.4, -0.2) is 40.9 Å². The molecule has 1 atom stereocenters. The third-order valence-electron chi connectivity index (χ3n) is 7.00. The fourth-order valence-corrected chi connectivity index (χ4v) is 4.85. The minimum absolute atomic E-state index is 0.000823. The van der Waals surface area contributed by atoms with Gasteiger partial charge in [0.25, 0.3) is 11.8 Å². The van der Waals surface area contributed by atoms with E-state index in [1.54, 1.807) is 59.4 Å². The van der Waals surface area contributed by atoms with Crippen LogP contribution in [0.25, 0.3) is 34.0 Å². The highest BCUT2D eigenvalue weighted by Crippen LogP contribution is 2.26. The highest BCUT2D eigenvalue weighted by atomic mass is 16.5. The van der Waals surface area contributed by atoms with Gasteiger partial charge in [-0.3, -0.25) is 9.59 Å². The quantitative estimate of drug-likeness (QED) is 0.210. The first-order valence-electron chi connectivity index (χ1n) is 13.7. The maximum Gasteiger partial charge on any atom is 0.345 e. The SMILES string of the molecule is O=C(NCC1CCCO1)C(=Cc1cn(-c2ccccc2)nc1-c1cc2ccccc2oc1=O)NC(=O)c1ccccc1. The summed E-state index contributed by atoms with van der Waals surface area (Å²) in [5.41, 5.74) is 2.00. The molecule has 42 heavy (non-hydrogen) atoms. The fourth-order valence-electron chi connectivity index (χ4n) is 4.85. The molecule has 1 aliphatic heterocycles. The van der Waals surface area contributed by atoms with Crippen molar-refractivity contribution in [2.75, 3.05) is 13.2 Å². The molecule has 210 valence electrons. The molecule has 6 rings (SSSR count). The van der Waals surface area contributed by atoms with E-state index in [0.29, 0.717) is 35.6 Å². The minimum Gasteiger partial charge on any atom is -0.422 e. The molecule has 0 aliphatic carbocycles. The van der Waals surface area contributed by atoms with Gasteiger partial charge >= 0.3 is 5.63 Å². The van der Waals surface area contributed by atoms with Crippen LogP contribution in [0.2, 0.25) is 0 Å². The van der Waals surface area contributed by atoms with Crippen LogP contribution in [-0.2, 0) is 9.53 Å². The van der Waals surface area contributed by atoms with E-state index in [-0.39, 0.29) is 17.4 Å². The van der Waals surface area contributed by atoms with Crippen molar-refractivity contribution in [2.45, 2.75) is 18.9 Å². The Bertz CT molecular complexity index is 1820. The molecule has 2 aromatic heterocycles. The Labute approximate surface area is 241 Å². The molecule has 3 aromatic carbocycles. The average Bonchev–Trinajstić information content (AvgIpc) is 3.70. The number of ether oxygens (including phenoxy) is 1. The van der Waals surface area contributed by atoms with E-state index in [1.807, 2.05) is 42.5 Å². The van der Waals surface area contributed by atoms with Crippen molar-refractivity contribution in [1.82, 2.24) is 20.4 Å². The third-order valence-corrected chi connectivity index (χ3v) is 7.00. The minimum atomic E-state index is -0.570. The van der Waals surface area contributed by atoms with Gasteiger partial charge in [-0.05, 0) is 55.3 Å². The number of aromatic nitrogens is 2. The Morgan fingerprint density at radius 2 is 1.71 bits per heavy atom. The first-order chi connectivity index (χ1) is 20.5. The van der Waals surface area contributed by atoms with Gasteiger partial charge in [-0.1, -0.05) is 54.6 Å². The van der Waals surface area contributed by atoms with Gasteiger partial charge in [0.15, 0.2) is 0 Å². The summed E-state index contributed by atoms with van der Waals surface area (Å²) in [5.74, 6) is -0.935. The first kappa shape index (κ1) is 26.9. The van der Waals surface area contributed by atoms with Crippen molar-refractivity contribution in [3.05, 3.63) is 124 Å². The maximum atomic E-state index is 13.5. The van der Waals surface area contributed by atoms with E-state index < -0.39 is 17.4 Å². The Hall–Kier alpha value is -5.28. The predicted molar refractivity (Wildman–Crippen MR) is 159 cm³/mol. The number of amides is 2. The molecule has 9 nitrogen and oxygen atoms in total. The summed E-state index contributed by atoms with van der Waals surface area (Å²) >= 11 is 0. The van der Waals surface area contributed by atoms with Crippen molar-refractivity contribution in [2.24, 2.45) is 0 Å². The molecule has 1 unspecified atom stereocenters. The number of hydrogen-bond donors (Lipinski definition) is 2. The molecule has 1 fully saturated rings. The zero-order chi connectivity index (χ0) is 28.9. The van der Waals surface area contributed by atoms with Crippen LogP contribution in [0.4, 0.5) is 0 Å². The van der Waals surface area contributed by atoms with Crippen LogP contribution >= 0.6 is 0 Å². The molecular formula is C33H28N4O5. The number of carbonyl (C=O) groups excluding carboxylic acids is 2. The largest absolute Gasteiger partial charge is 0.422 e. The van der Waals surface area contributed by atoms with Crippen LogP contribution in [0.15, 0.2) is 112 Å². The molecule has 3 heterocycles. The van der Waals surface area contributed by atoms with E-state index in [9.17, 15) is 14.4 Å². The van der Waals surface area contributed by atoms with Crippen LogP contribution in [0, 0.1) is 0 Å². The number of nitrogens with one attached hydrogen (secondary N) is 2. The van der Waals surface area contributed by atoms with E-state index in [0.717, 1.165) is 23.9 Å². The van der Waals surface area contributed by atoms with Crippen molar-refractivity contribution >= 4 is 28.9 Å². The summed E-state index contributed by atoms with van der Waals surface area (Å²) in [6.07, 6.45) is 4.94. The van der Waals surface area contributed by atoms with Gasteiger partial charge in [0, 0.05) is 35.9 Å². The lowest BCUT2D eigenvalue weighted by molar-refractivity contribution is -0.118. The zero-order valence-electron chi connectivity index (χ0n) is 22.7. The number of carbonyl (C=O) groups is 2. The van der Waals surface area contributed by atoms with Gasteiger partial charge < -0.3 is 19.8 Å². The molecular weight excluding hydrogens is 532 g/mol. The number of hydrogen-bond acceptors (Lipinski definition) is 6. The highest BCUT2D eigenvalue weighted by molar-refractivity contribution is 6.05. The van der Waals surface area contributed by atoms with Gasteiger partial charge in [0.1, 0.15) is 17.0 Å². The smallest absolute Gasteiger partial charge is 0.345 e. The van der Waals surface area contributed by atoms with E-state index in [2.05, 4.69) is 10.6 Å². The van der Waals surface area contributed by atoms with Crippen LogP contribution in [0.5, 0.6) is 0 Å². The summed E-state index contributed by atoms with van der Waals surface area (Å²) < 4.78 is 12.9. The standard InChI is InChI=1S/C33H28N4O5/c38-31(22-10-3-1-4-11-22)35-28(32(39)34-20-26-15-9-17-41-26)19-24-21-37(25-13-5-2-6-14-25)36-30(24)27-18-23-12-7-8-16-29(23)42-33(27)40/h1-8,10-14,16,18-19,21,26H,9,15,17,20H2,(H,34,39)(H,35,38). The molecule has 5 aromatic rings. The lowest BCUT2D eigenvalue weighted by Gasteiger charge is -2.14. The summed E-state index contributed by atoms with van der Waals surface area (Å²) in [7, 11) is 0. The predicted octanol–water partition coefficient (Wildman–Crippen LogP) is 4.71. The van der Waals surface area contributed by atoms with E-state index >= 15 is 0 Å². The average molecular weight is 561 g/mol. The fraction of sp³-hybridized carbons (Fsp3) is 0.152. The second-order valence-electron chi connectivity index (χ2n) is 9.92. The maximum absolute atomic E-state index is 13.5. The molecule has 0 radical (unpaired) electrons. The summed E-state index contributed by atoms with van der Waals surface area (Å²) in [6, 6.07) is 26.9. The lowest BCUT2D eigenvalue weighted by Crippen LogP contribution is -2.38. The molecule has 2 amide bonds. The van der Waals surface area contributed by atoms with Crippen LogP contribution in [0.1, 0.15) is 28.8 Å². The van der Waals surface area contributed by atoms with Crippen molar-refractivity contribution < 1.29 is 18.7 Å². The lowest BCUT2D eigenvalue weighted by atomic mass is 10.1. The van der Waals surface area contributed by atoms with Crippen molar-refractivity contribution in [1.29, 1.82) is 0 Å². The van der Waals surface area contributed by atoms with Gasteiger partial charge in [-0.15, -0.1) is 0 Å². The van der Waals surface area contributed by atoms with Gasteiger partial charge in [0.05, 0.1) is 17.4 Å². The van der Waals surface area contributed by atoms with Gasteiger partial charge in [0.2, 0.25) is 0 Å². The Balaban J connectivity index is 1.45. The van der Waals surface area contributed by atoms with E-state index in [4.69, 9.17) is 14.3 Å². The van der Waals surface area contributed by atoms with Gasteiger partial charge in [-0.2, -0.15) is 5.10 Å². The Morgan fingerprint density at radius 1 is 0.976 bits per heavy atom. The van der Waals surface area contributed by atoms with Gasteiger partial charge in [-0.25, -0.2) is 9.48 Å². The number of nitrogens with zero attached hydrogens (tertiary/aromatic N) is 2. The summed E-state index contributed by atoms with van der Waals surface area (Å²) in [6.45, 7) is 0.964. The number of para-hydroxylation sites is 2. The number of rotatable bonds is 8. The Kier molecular flexibility index (Phi) is 7.74. The van der Waals surface area contributed by atoms with Crippen molar-refractivity contribution in [3.63, 3.8) is 0 Å². The first-order valence-corrected chi connectivity index (χ1v) is 13.7. The summed E-state index contributed by atoms with van der Waals surface area (Å²) in [4.78, 5) is 39.8. The number of benzene rings is 3. The second-order valence-corrected chi connectivity index (χ2v) is 9.92. The van der Waals surface area contributed by atoms with Crippen molar-refractivity contribution in [3.8, 4) is 16.9 Å². The molecule has 1 saturated heterocycles. The van der Waals surface area contributed by atoms with E-state index in [1.165, 1.54) is 6.08 Å². The van der Waals surface area contributed by atoms with Crippen LogP contribution in [0.3, 0.4) is 0 Å². The molecule has 2 N–H and O–H groups in total. The number of fused-ring (bicyclic) bond motifs is 1. The molecule has 0 spiro atoms. The third kappa shape index (κ3) is 5.91. The topological polar surface area (TPSA) is 115 Å². The van der Waals surface area contributed by atoms with Crippen LogP contribution < -0.4 is 16.3 Å². The molecule has 0 saturated carbocycles. The molecule has 1 aliphatic rings. The second kappa shape index (κ2) is 12.1. The molecule has 9 heteroatoms. The monoisotopic (exact) mass is 560 g/mol. The Morgan fingerprint density at radius 3 is 2.48 bits per heavy atom. The molecule has 0 bridgehead atoms.